The van der Waals surface area contributed by atoms with Crippen LogP contribution in [0.3, 0.4) is 0 Å². The molecule has 2 atom stereocenters. The molecule has 0 aliphatic carbocycles. The van der Waals surface area contributed by atoms with E-state index in [-0.39, 0.29) is 25.2 Å². The Morgan fingerprint density at radius 2 is 2.10 bits per heavy atom. The minimum Gasteiger partial charge on any atom is -0.481 e. The lowest BCUT2D eigenvalue weighted by Crippen LogP contribution is -2.32. The van der Waals surface area contributed by atoms with Gasteiger partial charge in [0.15, 0.2) is 0 Å². The fourth-order valence-corrected chi connectivity index (χ4v) is 2.75. The van der Waals surface area contributed by atoms with Crippen molar-refractivity contribution < 1.29 is 19.5 Å². The molecule has 0 saturated carbocycles. The van der Waals surface area contributed by atoms with Crippen molar-refractivity contribution in [1.29, 1.82) is 0 Å². The molecule has 0 aliphatic heterocycles. The van der Waals surface area contributed by atoms with Gasteiger partial charge in [-0.05, 0) is 35.7 Å². The van der Waals surface area contributed by atoms with Crippen molar-refractivity contribution in [3.05, 3.63) is 59.9 Å². The minimum absolute atomic E-state index is 0.0523. The van der Waals surface area contributed by atoms with Crippen LogP contribution in [0.15, 0.2) is 53.9 Å². The number of nitrogens with one attached hydrogen (secondary N) is 2. The summed E-state index contributed by atoms with van der Waals surface area (Å²) in [6.07, 6.45) is 5.33. The Morgan fingerprint density at radius 1 is 1.28 bits per heavy atom. The first-order chi connectivity index (χ1) is 14.0. The molecule has 0 fully saturated rings. The number of rotatable bonds is 11. The van der Waals surface area contributed by atoms with Gasteiger partial charge in [-0.15, -0.1) is 0 Å². The maximum absolute atomic E-state index is 12.3. The first-order valence-corrected chi connectivity index (χ1v) is 8.98. The van der Waals surface area contributed by atoms with Crippen LogP contribution >= 0.6 is 0 Å². The molecular weight excluding hydrogens is 374 g/mol. The summed E-state index contributed by atoms with van der Waals surface area (Å²) in [5.74, 6) is 3.75. The van der Waals surface area contributed by atoms with Crippen LogP contribution in [0.2, 0.25) is 0 Å². The predicted molar refractivity (Wildman–Crippen MR) is 108 cm³/mol. The van der Waals surface area contributed by atoms with E-state index < -0.39 is 18.1 Å². The molecule has 152 valence electrons. The fraction of sp³-hybridized carbons (Fsp3) is 0.250. The number of aromatic nitrogens is 1. The zero-order chi connectivity index (χ0) is 21.1. The van der Waals surface area contributed by atoms with Gasteiger partial charge in [0.2, 0.25) is 5.91 Å². The Bertz CT molecular complexity index is 857. The van der Waals surface area contributed by atoms with Crippen molar-refractivity contribution in [2.75, 3.05) is 5.32 Å². The van der Waals surface area contributed by atoms with Gasteiger partial charge in [-0.3, -0.25) is 14.6 Å². The molecule has 9 nitrogen and oxygen atoms in total. The number of hydrogen-bond donors (Lipinski definition) is 4. The van der Waals surface area contributed by atoms with Crippen molar-refractivity contribution >= 4 is 30.1 Å². The first kappa shape index (κ1) is 21.5. The molecule has 2 rings (SSSR count). The van der Waals surface area contributed by atoms with Crippen molar-refractivity contribution in [1.82, 2.24) is 10.3 Å². The molecule has 0 aliphatic rings. The molecule has 29 heavy (non-hydrogen) atoms. The zero-order valence-corrected chi connectivity index (χ0v) is 15.7. The van der Waals surface area contributed by atoms with Gasteiger partial charge < -0.3 is 26.4 Å². The molecule has 2 unspecified atom stereocenters. The molecule has 1 heterocycles. The Hall–Kier alpha value is -3.75. The van der Waals surface area contributed by atoms with Crippen molar-refractivity contribution in [3.8, 4) is 0 Å². The maximum atomic E-state index is 12.3. The van der Waals surface area contributed by atoms with Crippen molar-refractivity contribution in [2.24, 2.45) is 10.9 Å². The third-order valence-corrected chi connectivity index (χ3v) is 4.11. The Kier molecular flexibility index (Phi) is 8.30. The Labute approximate surface area is 168 Å². The number of carbonyl (C=O) groups is 3. The molecule has 1 amide bonds. The molecule has 0 radical (unpaired) electrons. The van der Waals surface area contributed by atoms with Gasteiger partial charge >= 0.3 is 5.97 Å². The van der Waals surface area contributed by atoms with E-state index in [1.807, 2.05) is 6.07 Å². The van der Waals surface area contributed by atoms with Crippen LogP contribution < -0.4 is 16.5 Å². The van der Waals surface area contributed by atoms with Gasteiger partial charge in [0, 0.05) is 24.5 Å². The smallest absolute Gasteiger partial charge is 0.305 e. The average Bonchev–Trinajstić information content (AvgIpc) is 2.71. The van der Waals surface area contributed by atoms with Crippen LogP contribution in [0.5, 0.6) is 0 Å². The number of pyridine rings is 1. The summed E-state index contributed by atoms with van der Waals surface area (Å²) in [4.78, 5) is 38.8. The van der Waals surface area contributed by atoms with Gasteiger partial charge in [0.05, 0.1) is 24.7 Å². The summed E-state index contributed by atoms with van der Waals surface area (Å²) in [5, 5.41) is 18.3. The second-order valence-electron chi connectivity index (χ2n) is 6.33. The molecule has 9 heteroatoms. The van der Waals surface area contributed by atoms with Crippen LogP contribution in [-0.4, -0.2) is 40.5 Å². The van der Waals surface area contributed by atoms with Crippen LogP contribution in [0.4, 0.5) is 5.69 Å². The normalized spacial score (nSPS) is 12.8. The SMILES string of the molecule is NN=Cc1cccc(NC(C=O)CCC(=O)NC(CC(=O)O)c2cccnc2)c1. The predicted octanol–water partition coefficient (Wildman–Crippen LogP) is 1.47. The third-order valence-electron chi connectivity index (χ3n) is 4.11. The van der Waals surface area contributed by atoms with E-state index in [0.717, 1.165) is 11.8 Å². The summed E-state index contributed by atoms with van der Waals surface area (Å²) in [6, 6.07) is 9.27. The van der Waals surface area contributed by atoms with E-state index in [1.54, 1.807) is 36.5 Å². The number of hydrogen-bond acceptors (Lipinski definition) is 7. The number of benzene rings is 1. The van der Waals surface area contributed by atoms with E-state index in [9.17, 15) is 14.4 Å². The highest BCUT2D eigenvalue weighted by Gasteiger charge is 2.19. The van der Waals surface area contributed by atoms with Crippen LogP contribution in [0.1, 0.15) is 36.4 Å². The monoisotopic (exact) mass is 397 g/mol. The number of nitrogens with two attached hydrogens (primary N) is 1. The van der Waals surface area contributed by atoms with E-state index in [2.05, 4.69) is 20.7 Å². The number of carboxylic acid groups (broad SMARTS) is 1. The molecule has 0 bridgehead atoms. The van der Waals surface area contributed by atoms with Gasteiger partial charge in [0.25, 0.3) is 0 Å². The molecular formula is C20H23N5O4. The van der Waals surface area contributed by atoms with E-state index >= 15 is 0 Å². The highest BCUT2D eigenvalue weighted by atomic mass is 16.4. The summed E-state index contributed by atoms with van der Waals surface area (Å²) in [6.45, 7) is 0. The number of carboxylic acids is 1. The van der Waals surface area contributed by atoms with Crippen molar-refractivity contribution in [2.45, 2.75) is 31.3 Å². The average molecular weight is 397 g/mol. The third kappa shape index (κ3) is 7.41. The lowest BCUT2D eigenvalue weighted by Gasteiger charge is -2.18. The molecule has 1 aromatic carbocycles. The van der Waals surface area contributed by atoms with Gasteiger partial charge in [0.1, 0.15) is 6.29 Å². The fourth-order valence-electron chi connectivity index (χ4n) is 2.75. The quantitative estimate of drug-likeness (QED) is 0.194. The number of carbonyl (C=O) groups excluding carboxylic acids is 2. The summed E-state index contributed by atoms with van der Waals surface area (Å²) >= 11 is 0. The largest absolute Gasteiger partial charge is 0.481 e. The first-order valence-electron chi connectivity index (χ1n) is 8.98. The molecule has 2 aromatic rings. The Balaban J connectivity index is 1.93. The second kappa shape index (κ2) is 11.2. The van der Waals surface area contributed by atoms with Crippen LogP contribution in [0, 0.1) is 0 Å². The maximum Gasteiger partial charge on any atom is 0.305 e. The second-order valence-corrected chi connectivity index (χ2v) is 6.33. The number of anilines is 1. The number of aldehydes is 1. The zero-order valence-electron chi connectivity index (χ0n) is 15.7. The highest BCUT2D eigenvalue weighted by molar-refractivity contribution is 5.81. The van der Waals surface area contributed by atoms with Gasteiger partial charge in [-0.25, -0.2) is 0 Å². The number of nitrogens with zero attached hydrogens (tertiary/aromatic N) is 2. The van der Waals surface area contributed by atoms with Gasteiger partial charge in [-0.1, -0.05) is 18.2 Å². The molecule has 0 spiro atoms. The van der Waals surface area contributed by atoms with E-state index in [0.29, 0.717) is 11.3 Å². The molecule has 0 saturated heterocycles. The lowest BCUT2D eigenvalue weighted by molar-refractivity contribution is -0.137. The summed E-state index contributed by atoms with van der Waals surface area (Å²) in [7, 11) is 0. The summed E-state index contributed by atoms with van der Waals surface area (Å²) in [5.41, 5.74) is 2.07. The number of aliphatic carboxylic acids is 1. The minimum atomic E-state index is -1.03. The van der Waals surface area contributed by atoms with Crippen molar-refractivity contribution in [3.63, 3.8) is 0 Å². The number of amides is 1. The van der Waals surface area contributed by atoms with Gasteiger partial charge in [-0.2, -0.15) is 5.10 Å². The topological polar surface area (TPSA) is 147 Å². The summed E-state index contributed by atoms with van der Waals surface area (Å²) < 4.78 is 0. The van der Waals surface area contributed by atoms with E-state index in [4.69, 9.17) is 10.9 Å². The highest BCUT2D eigenvalue weighted by Crippen LogP contribution is 2.17. The Morgan fingerprint density at radius 3 is 2.76 bits per heavy atom. The standard InChI is InChI=1S/C20H23N5O4/c21-23-11-14-3-1-5-16(9-14)24-17(13-26)6-7-19(27)25-18(10-20(28)29)15-4-2-8-22-12-15/h1-5,8-9,11-13,17-18,24H,6-7,10,21H2,(H,25,27)(H,28,29). The lowest BCUT2D eigenvalue weighted by atomic mass is 10.0. The van der Waals surface area contributed by atoms with Crippen LogP contribution in [0.25, 0.3) is 0 Å². The number of hydrazone groups is 1. The van der Waals surface area contributed by atoms with Crippen LogP contribution in [-0.2, 0) is 14.4 Å². The molecule has 5 N–H and O–H groups in total. The van der Waals surface area contributed by atoms with E-state index in [1.165, 1.54) is 12.4 Å². The molecule has 1 aromatic heterocycles.